The lowest BCUT2D eigenvalue weighted by Gasteiger charge is -2.25. The number of carbonyl (C=O) groups excluding carboxylic acids is 2. The highest BCUT2D eigenvalue weighted by Crippen LogP contribution is 2.44. The molecule has 6 nitrogen and oxygen atoms in total. The van der Waals surface area contributed by atoms with E-state index in [2.05, 4.69) is 17.4 Å². The van der Waals surface area contributed by atoms with Crippen molar-refractivity contribution in [3.63, 3.8) is 0 Å². The van der Waals surface area contributed by atoms with Crippen LogP contribution in [0.4, 0.5) is 9.18 Å². The second kappa shape index (κ2) is 10.4. The van der Waals surface area contributed by atoms with E-state index in [-0.39, 0.29) is 24.5 Å². The minimum atomic E-state index is -1.15. The van der Waals surface area contributed by atoms with Crippen LogP contribution in [0.5, 0.6) is 5.75 Å². The smallest absolute Gasteiger partial charge is 0.407 e. The van der Waals surface area contributed by atoms with Crippen LogP contribution in [-0.4, -0.2) is 37.4 Å². The minimum Gasteiger partial charge on any atom is -0.497 e. The topological polar surface area (TPSA) is 73.9 Å². The molecule has 1 unspecified atom stereocenters. The summed E-state index contributed by atoms with van der Waals surface area (Å²) in [6.45, 7) is 5.26. The first-order chi connectivity index (χ1) is 17.2. The Labute approximate surface area is 210 Å². The van der Waals surface area contributed by atoms with Gasteiger partial charge >= 0.3 is 12.1 Å². The number of hydrogen-bond acceptors (Lipinski definition) is 5. The molecule has 188 valence electrons. The van der Waals surface area contributed by atoms with E-state index in [1.165, 1.54) is 25.3 Å². The molecule has 0 aliphatic heterocycles. The molecule has 1 amide bonds. The summed E-state index contributed by atoms with van der Waals surface area (Å²) in [5.74, 6) is -0.883. The second-order valence-corrected chi connectivity index (χ2v) is 9.72. The molecular formula is C29H30FNO5. The number of rotatable bonds is 7. The first-order valence-electron chi connectivity index (χ1n) is 11.8. The van der Waals surface area contributed by atoms with Gasteiger partial charge in [0.2, 0.25) is 0 Å². The van der Waals surface area contributed by atoms with Gasteiger partial charge in [-0.05, 0) is 66.8 Å². The van der Waals surface area contributed by atoms with Crippen molar-refractivity contribution >= 4 is 12.1 Å². The van der Waals surface area contributed by atoms with Crippen molar-refractivity contribution in [2.75, 3.05) is 13.7 Å². The van der Waals surface area contributed by atoms with Crippen LogP contribution in [0.25, 0.3) is 11.1 Å². The van der Waals surface area contributed by atoms with Gasteiger partial charge in [0, 0.05) is 12.3 Å². The molecule has 3 aromatic carbocycles. The molecule has 0 radical (unpaired) electrons. The summed E-state index contributed by atoms with van der Waals surface area (Å²) >= 11 is 0. The standard InChI is InChI=1S/C29H30FNO5/c1-29(2,3)36-27(32)26(16-18-15-19(34-4)13-14-25(18)30)31-28(33)35-17-24-22-11-7-5-9-20(22)21-10-6-8-12-23(21)24/h5-15,24,26H,16-17H2,1-4H3,(H,31,33). The Morgan fingerprint density at radius 3 is 2.17 bits per heavy atom. The maximum absolute atomic E-state index is 14.5. The van der Waals surface area contributed by atoms with Crippen LogP contribution in [0, 0.1) is 5.82 Å². The molecule has 1 aliphatic carbocycles. The number of amides is 1. The minimum absolute atomic E-state index is 0.0917. The van der Waals surface area contributed by atoms with E-state index in [9.17, 15) is 14.0 Å². The average molecular weight is 492 g/mol. The Hall–Kier alpha value is -3.87. The SMILES string of the molecule is COc1ccc(F)c(CC(NC(=O)OCC2c3ccccc3-c3ccccc32)C(=O)OC(C)(C)C)c1. The number of fused-ring (bicyclic) bond motifs is 3. The van der Waals surface area contributed by atoms with E-state index in [0.717, 1.165) is 22.3 Å². The van der Waals surface area contributed by atoms with E-state index in [1.54, 1.807) is 20.8 Å². The van der Waals surface area contributed by atoms with Gasteiger partial charge in [-0.15, -0.1) is 0 Å². The summed E-state index contributed by atoms with van der Waals surface area (Å²) in [5.41, 5.74) is 3.81. The van der Waals surface area contributed by atoms with Crippen molar-refractivity contribution in [3.05, 3.63) is 89.2 Å². The molecule has 1 aliphatic rings. The largest absolute Gasteiger partial charge is 0.497 e. The lowest BCUT2D eigenvalue weighted by Crippen LogP contribution is -2.46. The third kappa shape index (κ3) is 5.67. The fourth-order valence-corrected chi connectivity index (χ4v) is 4.40. The van der Waals surface area contributed by atoms with Crippen LogP contribution >= 0.6 is 0 Å². The van der Waals surface area contributed by atoms with Crippen LogP contribution in [0.2, 0.25) is 0 Å². The summed E-state index contributed by atoms with van der Waals surface area (Å²) < 4.78 is 30.7. The summed E-state index contributed by atoms with van der Waals surface area (Å²) in [6.07, 6.45) is -0.904. The van der Waals surface area contributed by atoms with Crippen molar-refractivity contribution in [2.24, 2.45) is 0 Å². The van der Waals surface area contributed by atoms with Crippen molar-refractivity contribution in [1.82, 2.24) is 5.32 Å². The van der Waals surface area contributed by atoms with E-state index >= 15 is 0 Å². The van der Waals surface area contributed by atoms with E-state index in [0.29, 0.717) is 5.75 Å². The second-order valence-electron chi connectivity index (χ2n) is 9.72. The van der Waals surface area contributed by atoms with Crippen LogP contribution in [0.3, 0.4) is 0 Å². The summed E-state index contributed by atoms with van der Waals surface area (Å²) in [6, 6.07) is 19.1. The van der Waals surface area contributed by atoms with Crippen LogP contribution in [-0.2, 0) is 20.7 Å². The molecule has 0 bridgehead atoms. The van der Waals surface area contributed by atoms with Gasteiger partial charge < -0.3 is 19.5 Å². The normalized spacial score (nSPS) is 13.4. The zero-order valence-electron chi connectivity index (χ0n) is 20.8. The van der Waals surface area contributed by atoms with Gasteiger partial charge in [0.15, 0.2) is 0 Å². The fraction of sp³-hybridized carbons (Fsp3) is 0.310. The van der Waals surface area contributed by atoms with Gasteiger partial charge in [0.05, 0.1) is 7.11 Å². The first-order valence-corrected chi connectivity index (χ1v) is 11.8. The average Bonchev–Trinajstić information content (AvgIpc) is 3.16. The van der Waals surface area contributed by atoms with Gasteiger partial charge in [-0.2, -0.15) is 0 Å². The lowest BCUT2D eigenvalue weighted by atomic mass is 9.98. The summed E-state index contributed by atoms with van der Waals surface area (Å²) in [5, 5.41) is 2.58. The Kier molecular flexibility index (Phi) is 7.29. The Morgan fingerprint density at radius 1 is 0.972 bits per heavy atom. The molecule has 4 rings (SSSR count). The highest BCUT2D eigenvalue weighted by atomic mass is 19.1. The molecule has 36 heavy (non-hydrogen) atoms. The van der Waals surface area contributed by atoms with Crippen LogP contribution in [0.15, 0.2) is 66.7 Å². The molecule has 1 N–H and O–H groups in total. The van der Waals surface area contributed by atoms with Crippen molar-refractivity contribution in [2.45, 2.75) is 44.8 Å². The van der Waals surface area contributed by atoms with Crippen LogP contribution in [0.1, 0.15) is 43.4 Å². The van der Waals surface area contributed by atoms with E-state index in [1.807, 2.05) is 36.4 Å². The number of halogens is 1. The van der Waals surface area contributed by atoms with E-state index in [4.69, 9.17) is 14.2 Å². The number of nitrogens with one attached hydrogen (secondary N) is 1. The Balaban J connectivity index is 1.50. The number of alkyl carbamates (subject to hydrolysis) is 1. The Bertz CT molecular complexity index is 1220. The molecule has 0 aromatic heterocycles. The van der Waals surface area contributed by atoms with Gasteiger partial charge in [-0.3, -0.25) is 0 Å². The maximum atomic E-state index is 14.5. The monoisotopic (exact) mass is 491 g/mol. The van der Waals surface area contributed by atoms with Gasteiger partial charge in [-0.25, -0.2) is 14.0 Å². The number of esters is 1. The highest BCUT2D eigenvalue weighted by Gasteiger charge is 2.31. The molecule has 3 aromatic rings. The predicted molar refractivity (Wildman–Crippen MR) is 134 cm³/mol. The van der Waals surface area contributed by atoms with Crippen molar-refractivity contribution in [1.29, 1.82) is 0 Å². The summed E-state index contributed by atoms with van der Waals surface area (Å²) in [4.78, 5) is 25.7. The first kappa shape index (κ1) is 25.2. The molecular weight excluding hydrogens is 461 g/mol. The number of carbonyl (C=O) groups is 2. The third-order valence-electron chi connectivity index (χ3n) is 6.00. The van der Waals surface area contributed by atoms with Crippen molar-refractivity contribution < 1.29 is 28.2 Å². The molecule has 0 heterocycles. The lowest BCUT2D eigenvalue weighted by molar-refractivity contribution is -0.157. The van der Waals surface area contributed by atoms with Crippen LogP contribution < -0.4 is 10.1 Å². The third-order valence-corrected chi connectivity index (χ3v) is 6.00. The predicted octanol–water partition coefficient (Wildman–Crippen LogP) is 5.63. The molecule has 0 saturated carbocycles. The zero-order chi connectivity index (χ0) is 25.9. The number of hydrogen-bond donors (Lipinski definition) is 1. The summed E-state index contributed by atoms with van der Waals surface area (Å²) in [7, 11) is 1.47. The maximum Gasteiger partial charge on any atom is 0.407 e. The number of methoxy groups -OCH3 is 1. The molecule has 1 atom stereocenters. The molecule has 0 fully saturated rings. The quantitative estimate of drug-likeness (QED) is 0.434. The van der Waals surface area contributed by atoms with Gasteiger partial charge in [-0.1, -0.05) is 48.5 Å². The molecule has 7 heteroatoms. The number of ether oxygens (including phenoxy) is 3. The Morgan fingerprint density at radius 2 is 1.58 bits per heavy atom. The van der Waals surface area contributed by atoms with Gasteiger partial charge in [0.25, 0.3) is 0 Å². The van der Waals surface area contributed by atoms with E-state index < -0.39 is 29.5 Å². The highest BCUT2D eigenvalue weighted by molar-refractivity contribution is 5.82. The molecule has 0 spiro atoms. The molecule has 0 saturated heterocycles. The zero-order valence-corrected chi connectivity index (χ0v) is 20.8. The van der Waals surface area contributed by atoms with Gasteiger partial charge in [0.1, 0.15) is 29.8 Å². The van der Waals surface area contributed by atoms with Crippen molar-refractivity contribution in [3.8, 4) is 16.9 Å². The number of benzene rings is 3. The fourth-order valence-electron chi connectivity index (χ4n) is 4.40.